The second-order valence-corrected chi connectivity index (χ2v) is 8.59. The topological polar surface area (TPSA) is 45.5 Å². The highest BCUT2D eigenvalue weighted by Gasteiger charge is 2.25. The second-order valence-electron chi connectivity index (χ2n) is 7.24. The van der Waals surface area contributed by atoms with Crippen molar-refractivity contribution in [2.24, 2.45) is 16.8 Å². The Labute approximate surface area is 174 Å². The fourth-order valence-electron chi connectivity index (χ4n) is 3.09. The van der Waals surface area contributed by atoms with Gasteiger partial charge >= 0.3 is 0 Å². The average molecular weight is 479 g/mol. The number of nitrogens with one attached hydrogen (secondary N) is 1. The number of aryl methyl sites for hydroxylation is 2. The summed E-state index contributed by atoms with van der Waals surface area (Å²) in [4.78, 5) is 6.92. The van der Waals surface area contributed by atoms with E-state index >= 15 is 0 Å². The van der Waals surface area contributed by atoms with Crippen molar-refractivity contribution in [3.8, 4) is 0 Å². The predicted octanol–water partition coefficient (Wildman–Crippen LogP) is 3.40. The van der Waals surface area contributed by atoms with Crippen molar-refractivity contribution in [1.82, 2.24) is 20.0 Å². The Bertz CT molecular complexity index is 558. The molecule has 2 atom stereocenters. The van der Waals surface area contributed by atoms with E-state index in [0.717, 1.165) is 37.8 Å². The van der Waals surface area contributed by atoms with Crippen LogP contribution in [0.2, 0.25) is 0 Å². The molecule has 0 spiro atoms. The van der Waals surface area contributed by atoms with Crippen molar-refractivity contribution < 1.29 is 0 Å². The van der Waals surface area contributed by atoms with Crippen LogP contribution in [0.15, 0.2) is 11.1 Å². The fourth-order valence-corrected chi connectivity index (χ4v) is 4.39. The highest BCUT2D eigenvalue weighted by Crippen LogP contribution is 2.24. The maximum absolute atomic E-state index is 4.56. The standard InChI is InChI=1S/C18H33N5S.HI/c1-13(2)17-12-22(7-8-24-17)18(19-6)20-10-14(3)11-23-16(5)9-15(4)21-23;/h9,13-14,17H,7-8,10-12H2,1-6H3,(H,19,20);1H. The van der Waals surface area contributed by atoms with Crippen LogP contribution < -0.4 is 5.32 Å². The highest BCUT2D eigenvalue weighted by molar-refractivity contribution is 14.0. The van der Waals surface area contributed by atoms with E-state index in [1.807, 2.05) is 14.0 Å². The fraction of sp³-hybridized carbons (Fsp3) is 0.778. The van der Waals surface area contributed by atoms with E-state index in [0.29, 0.717) is 17.1 Å². The number of halogens is 1. The molecule has 7 heteroatoms. The van der Waals surface area contributed by atoms with E-state index in [9.17, 15) is 0 Å². The Morgan fingerprint density at radius 3 is 2.68 bits per heavy atom. The summed E-state index contributed by atoms with van der Waals surface area (Å²) in [7, 11) is 1.89. The van der Waals surface area contributed by atoms with Crippen LogP contribution in [0.3, 0.4) is 0 Å². The number of guanidine groups is 1. The molecule has 0 saturated carbocycles. The summed E-state index contributed by atoms with van der Waals surface area (Å²) in [5.41, 5.74) is 2.32. The van der Waals surface area contributed by atoms with Crippen LogP contribution >= 0.6 is 35.7 Å². The first-order chi connectivity index (χ1) is 11.4. The van der Waals surface area contributed by atoms with Crippen LogP contribution in [0.5, 0.6) is 0 Å². The van der Waals surface area contributed by atoms with Gasteiger partial charge in [0.15, 0.2) is 5.96 Å². The van der Waals surface area contributed by atoms with Crippen LogP contribution in [-0.4, -0.2) is 58.3 Å². The Balaban J connectivity index is 0.00000312. The minimum Gasteiger partial charge on any atom is -0.356 e. The first-order valence-electron chi connectivity index (χ1n) is 8.99. The minimum atomic E-state index is 0. The van der Waals surface area contributed by atoms with Crippen molar-refractivity contribution in [3.05, 3.63) is 17.5 Å². The molecule has 1 aliphatic heterocycles. The third-order valence-electron chi connectivity index (χ3n) is 4.54. The third-order valence-corrected chi connectivity index (χ3v) is 6.08. The summed E-state index contributed by atoms with van der Waals surface area (Å²) in [5.74, 6) is 3.44. The zero-order valence-electron chi connectivity index (χ0n) is 16.5. The van der Waals surface area contributed by atoms with Gasteiger partial charge in [0.05, 0.1) is 5.69 Å². The van der Waals surface area contributed by atoms with E-state index < -0.39 is 0 Å². The smallest absolute Gasteiger partial charge is 0.193 e. The van der Waals surface area contributed by atoms with E-state index in [1.165, 1.54) is 11.4 Å². The molecule has 2 heterocycles. The number of hydrogen-bond donors (Lipinski definition) is 1. The summed E-state index contributed by atoms with van der Waals surface area (Å²) in [6, 6.07) is 2.14. The van der Waals surface area contributed by atoms with Gasteiger partial charge in [-0.2, -0.15) is 16.9 Å². The molecule has 2 rings (SSSR count). The molecule has 0 aliphatic carbocycles. The molecule has 1 aromatic rings. The van der Waals surface area contributed by atoms with Gasteiger partial charge in [0.1, 0.15) is 0 Å². The lowest BCUT2D eigenvalue weighted by Crippen LogP contribution is -2.49. The molecular weight excluding hydrogens is 445 g/mol. The number of aromatic nitrogens is 2. The SMILES string of the molecule is CN=C(NCC(C)Cn1nc(C)cc1C)N1CCSC(C(C)C)C1.I. The number of hydrogen-bond acceptors (Lipinski definition) is 3. The number of nitrogens with zero attached hydrogens (tertiary/aromatic N) is 4. The molecule has 1 fully saturated rings. The van der Waals surface area contributed by atoms with Gasteiger partial charge in [0.25, 0.3) is 0 Å². The first-order valence-corrected chi connectivity index (χ1v) is 10.0. The summed E-state index contributed by atoms with van der Waals surface area (Å²) < 4.78 is 2.11. The van der Waals surface area contributed by atoms with Crippen molar-refractivity contribution in [2.45, 2.75) is 46.4 Å². The van der Waals surface area contributed by atoms with Crippen LogP contribution in [0, 0.1) is 25.7 Å². The van der Waals surface area contributed by atoms with E-state index in [1.54, 1.807) is 0 Å². The van der Waals surface area contributed by atoms with Crippen molar-refractivity contribution in [2.75, 3.05) is 32.4 Å². The maximum atomic E-state index is 4.56. The van der Waals surface area contributed by atoms with Gasteiger partial charge < -0.3 is 10.2 Å². The van der Waals surface area contributed by atoms with Crippen molar-refractivity contribution >= 4 is 41.7 Å². The zero-order chi connectivity index (χ0) is 17.7. The van der Waals surface area contributed by atoms with Crippen LogP contribution in [-0.2, 0) is 6.54 Å². The molecule has 1 aromatic heterocycles. The second kappa shape index (κ2) is 10.6. The molecule has 0 aromatic carbocycles. The lowest BCUT2D eigenvalue weighted by Gasteiger charge is -2.36. The summed E-state index contributed by atoms with van der Waals surface area (Å²) in [6.07, 6.45) is 0. The van der Waals surface area contributed by atoms with Crippen LogP contribution in [0.4, 0.5) is 0 Å². The molecule has 0 amide bonds. The average Bonchev–Trinajstić information content (AvgIpc) is 2.85. The Kier molecular flexibility index (Phi) is 9.62. The third kappa shape index (κ3) is 6.66. The molecule has 2 unspecified atom stereocenters. The molecule has 0 bridgehead atoms. The van der Waals surface area contributed by atoms with Crippen LogP contribution in [0.1, 0.15) is 32.2 Å². The van der Waals surface area contributed by atoms with Gasteiger partial charge in [-0.25, -0.2) is 0 Å². The minimum absolute atomic E-state index is 0. The van der Waals surface area contributed by atoms with E-state index in [4.69, 9.17) is 0 Å². The molecular formula is C18H34IN5S. The Hall–Kier alpha value is -0.440. The lowest BCUT2D eigenvalue weighted by molar-refractivity contribution is 0.371. The number of rotatable bonds is 5. The van der Waals surface area contributed by atoms with Gasteiger partial charge in [-0.05, 0) is 31.7 Å². The summed E-state index contributed by atoms with van der Waals surface area (Å²) in [6.45, 7) is 15.1. The lowest BCUT2D eigenvalue weighted by atomic mass is 10.1. The largest absolute Gasteiger partial charge is 0.356 e. The van der Waals surface area contributed by atoms with Crippen molar-refractivity contribution in [3.63, 3.8) is 0 Å². The molecule has 5 nitrogen and oxygen atoms in total. The molecule has 25 heavy (non-hydrogen) atoms. The monoisotopic (exact) mass is 479 g/mol. The Morgan fingerprint density at radius 1 is 1.40 bits per heavy atom. The maximum Gasteiger partial charge on any atom is 0.193 e. The van der Waals surface area contributed by atoms with Gasteiger partial charge in [0.2, 0.25) is 0 Å². The summed E-state index contributed by atoms with van der Waals surface area (Å²) >= 11 is 2.10. The van der Waals surface area contributed by atoms with Gasteiger partial charge in [-0.15, -0.1) is 24.0 Å². The number of thioether (sulfide) groups is 1. The van der Waals surface area contributed by atoms with Gasteiger partial charge in [-0.3, -0.25) is 9.67 Å². The van der Waals surface area contributed by atoms with Gasteiger partial charge in [-0.1, -0.05) is 20.8 Å². The number of aliphatic imine (C=N–C) groups is 1. The quantitative estimate of drug-likeness (QED) is 0.400. The van der Waals surface area contributed by atoms with Crippen LogP contribution in [0.25, 0.3) is 0 Å². The molecule has 0 radical (unpaired) electrons. The normalized spacial score (nSPS) is 19.7. The Morgan fingerprint density at radius 2 is 2.12 bits per heavy atom. The van der Waals surface area contributed by atoms with Gasteiger partial charge in [0, 0.05) is 49.9 Å². The first kappa shape index (κ1) is 22.6. The predicted molar refractivity (Wildman–Crippen MR) is 120 cm³/mol. The highest BCUT2D eigenvalue weighted by atomic mass is 127. The van der Waals surface area contributed by atoms with E-state index in [-0.39, 0.29) is 24.0 Å². The summed E-state index contributed by atoms with van der Waals surface area (Å²) in [5, 5.41) is 8.83. The molecule has 1 saturated heterocycles. The molecule has 144 valence electrons. The molecule has 1 aliphatic rings. The van der Waals surface area contributed by atoms with E-state index in [2.05, 4.69) is 70.5 Å². The molecule has 1 N–H and O–H groups in total. The van der Waals surface area contributed by atoms with Crippen molar-refractivity contribution in [1.29, 1.82) is 0 Å². The zero-order valence-corrected chi connectivity index (χ0v) is 19.6.